The van der Waals surface area contributed by atoms with Gasteiger partial charge in [0.25, 0.3) is 0 Å². The van der Waals surface area contributed by atoms with Crippen molar-refractivity contribution in [1.29, 1.82) is 0 Å². The van der Waals surface area contributed by atoms with Gasteiger partial charge in [-0.25, -0.2) is 0 Å². The number of hydrogen-bond acceptors (Lipinski definition) is 4. The van der Waals surface area contributed by atoms with Crippen molar-refractivity contribution >= 4 is 5.91 Å². The van der Waals surface area contributed by atoms with E-state index in [4.69, 9.17) is 15.6 Å². The van der Waals surface area contributed by atoms with Gasteiger partial charge >= 0.3 is 0 Å². The van der Waals surface area contributed by atoms with Crippen LogP contribution in [0.15, 0.2) is 0 Å². The average Bonchev–Trinajstić information content (AvgIpc) is 2.17. The van der Waals surface area contributed by atoms with Crippen molar-refractivity contribution in [1.82, 2.24) is 5.32 Å². The molecule has 1 amide bonds. The molecule has 5 heteroatoms. The van der Waals surface area contributed by atoms with Crippen LogP contribution < -0.4 is 11.1 Å². The van der Waals surface area contributed by atoms with Crippen LogP contribution in [0, 0.1) is 5.41 Å². The molecule has 0 aliphatic rings. The van der Waals surface area contributed by atoms with Crippen LogP contribution in [0.4, 0.5) is 0 Å². The molecule has 84 valence electrons. The smallest absolute Gasteiger partial charge is 0.227 e. The van der Waals surface area contributed by atoms with Crippen LogP contribution in [0.1, 0.15) is 13.8 Å². The first-order valence-corrected chi connectivity index (χ1v) is 4.71. The lowest BCUT2D eigenvalue weighted by Crippen LogP contribution is -2.42. The Morgan fingerprint density at radius 3 is 2.64 bits per heavy atom. The maximum absolute atomic E-state index is 11.4. The van der Waals surface area contributed by atoms with Crippen LogP contribution >= 0.6 is 0 Å². The Bertz CT molecular complexity index is 171. The van der Waals surface area contributed by atoms with Crippen LogP contribution in [0.3, 0.4) is 0 Å². The Balaban J connectivity index is 3.54. The second kappa shape index (κ2) is 6.75. The van der Waals surface area contributed by atoms with Gasteiger partial charge in [-0.3, -0.25) is 4.79 Å². The number of nitrogens with two attached hydrogens (primary N) is 1. The third kappa shape index (κ3) is 5.16. The molecule has 0 spiro atoms. The molecular formula is C9H20N2O3. The van der Waals surface area contributed by atoms with E-state index in [2.05, 4.69) is 5.32 Å². The predicted octanol–water partition coefficient (Wildman–Crippen LogP) is -0.904. The summed E-state index contributed by atoms with van der Waals surface area (Å²) in [4.78, 5) is 11.4. The third-order valence-corrected chi connectivity index (χ3v) is 1.89. The second-order valence-electron chi connectivity index (χ2n) is 3.68. The largest absolute Gasteiger partial charge is 0.394 e. The van der Waals surface area contributed by atoms with Crippen molar-refractivity contribution in [2.24, 2.45) is 11.1 Å². The van der Waals surface area contributed by atoms with E-state index in [0.717, 1.165) is 0 Å². The summed E-state index contributed by atoms with van der Waals surface area (Å²) in [5.41, 5.74) is 4.90. The lowest BCUT2D eigenvalue weighted by Gasteiger charge is -2.21. The minimum absolute atomic E-state index is 0.00222. The molecule has 0 heterocycles. The zero-order valence-electron chi connectivity index (χ0n) is 8.88. The lowest BCUT2D eigenvalue weighted by atomic mass is 9.93. The molecule has 4 N–H and O–H groups in total. The fourth-order valence-electron chi connectivity index (χ4n) is 0.735. The van der Waals surface area contributed by atoms with E-state index in [1.165, 1.54) is 0 Å². The van der Waals surface area contributed by atoms with E-state index >= 15 is 0 Å². The Labute approximate surface area is 84.6 Å². The number of ether oxygens (including phenoxy) is 1. The van der Waals surface area contributed by atoms with E-state index in [1.807, 2.05) is 0 Å². The summed E-state index contributed by atoms with van der Waals surface area (Å²) in [5.74, 6) is -0.0763. The number of rotatable bonds is 7. The van der Waals surface area contributed by atoms with E-state index in [0.29, 0.717) is 26.3 Å². The number of aliphatic hydroxyl groups is 1. The first kappa shape index (κ1) is 13.4. The summed E-state index contributed by atoms with van der Waals surface area (Å²) in [6.45, 7) is 5.05. The van der Waals surface area contributed by atoms with Gasteiger partial charge in [-0.2, -0.15) is 0 Å². The zero-order valence-corrected chi connectivity index (χ0v) is 8.88. The highest BCUT2D eigenvalue weighted by Crippen LogP contribution is 2.11. The molecule has 0 saturated carbocycles. The molecule has 5 nitrogen and oxygen atoms in total. The SMILES string of the molecule is CC(C)(CN)C(=O)NCCOCCO. The van der Waals surface area contributed by atoms with Crippen LogP contribution in [0.5, 0.6) is 0 Å². The molecule has 0 atom stereocenters. The van der Waals surface area contributed by atoms with Gasteiger partial charge in [-0.1, -0.05) is 0 Å². The molecule has 0 bridgehead atoms. The van der Waals surface area contributed by atoms with Gasteiger partial charge in [0.1, 0.15) is 0 Å². The Kier molecular flexibility index (Phi) is 6.44. The highest BCUT2D eigenvalue weighted by molar-refractivity contribution is 5.81. The van der Waals surface area contributed by atoms with E-state index in [9.17, 15) is 4.79 Å². The van der Waals surface area contributed by atoms with E-state index < -0.39 is 5.41 Å². The van der Waals surface area contributed by atoms with Crippen molar-refractivity contribution < 1.29 is 14.6 Å². The molecule has 0 fully saturated rings. The molecule has 0 aliphatic heterocycles. The Hall–Kier alpha value is -0.650. The number of hydrogen-bond donors (Lipinski definition) is 3. The van der Waals surface area contributed by atoms with Crippen LogP contribution in [0.2, 0.25) is 0 Å². The van der Waals surface area contributed by atoms with Crippen molar-refractivity contribution in [2.45, 2.75) is 13.8 Å². The molecule has 14 heavy (non-hydrogen) atoms. The number of aliphatic hydroxyl groups excluding tert-OH is 1. The molecule has 0 saturated heterocycles. The molecular weight excluding hydrogens is 184 g/mol. The highest BCUT2D eigenvalue weighted by atomic mass is 16.5. The summed E-state index contributed by atoms with van der Waals surface area (Å²) in [5, 5.41) is 11.1. The number of carbonyl (C=O) groups is 1. The fraction of sp³-hybridized carbons (Fsp3) is 0.889. The average molecular weight is 204 g/mol. The summed E-state index contributed by atoms with van der Waals surface area (Å²) in [7, 11) is 0. The Morgan fingerprint density at radius 1 is 1.50 bits per heavy atom. The van der Waals surface area contributed by atoms with Gasteiger partial charge in [-0.05, 0) is 13.8 Å². The second-order valence-corrected chi connectivity index (χ2v) is 3.68. The first-order chi connectivity index (χ1) is 6.54. The van der Waals surface area contributed by atoms with Crippen molar-refractivity contribution in [2.75, 3.05) is 32.9 Å². The predicted molar refractivity (Wildman–Crippen MR) is 53.7 cm³/mol. The van der Waals surface area contributed by atoms with Gasteiger partial charge in [-0.15, -0.1) is 0 Å². The summed E-state index contributed by atoms with van der Waals surface area (Å²) in [6.07, 6.45) is 0. The van der Waals surface area contributed by atoms with Gasteiger partial charge in [0.2, 0.25) is 5.91 Å². The van der Waals surface area contributed by atoms with Crippen LogP contribution in [-0.2, 0) is 9.53 Å². The number of amides is 1. The molecule has 0 rings (SSSR count). The molecule has 0 aromatic carbocycles. The van der Waals surface area contributed by atoms with Gasteiger partial charge in [0, 0.05) is 13.1 Å². The minimum atomic E-state index is -0.531. The summed E-state index contributed by atoms with van der Waals surface area (Å²) >= 11 is 0. The zero-order chi connectivity index (χ0) is 11.0. The van der Waals surface area contributed by atoms with Crippen molar-refractivity contribution in [3.8, 4) is 0 Å². The topological polar surface area (TPSA) is 84.6 Å². The van der Waals surface area contributed by atoms with Crippen LogP contribution in [-0.4, -0.2) is 43.9 Å². The monoisotopic (exact) mass is 204 g/mol. The third-order valence-electron chi connectivity index (χ3n) is 1.89. The van der Waals surface area contributed by atoms with Gasteiger partial charge in [0.05, 0.1) is 25.2 Å². The molecule has 0 radical (unpaired) electrons. The molecule has 0 aromatic rings. The Morgan fingerprint density at radius 2 is 2.14 bits per heavy atom. The standard InChI is InChI=1S/C9H20N2O3/c1-9(2,7-10)8(13)11-3-5-14-6-4-12/h12H,3-7,10H2,1-2H3,(H,11,13). The maximum Gasteiger partial charge on any atom is 0.227 e. The normalized spacial score (nSPS) is 11.4. The highest BCUT2D eigenvalue weighted by Gasteiger charge is 2.24. The number of carbonyl (C=O) groups excluding carboxylic acids is 1. The maximum atomic E-state index is 11.4. The molecule has 0 unspecified atom stereocenters. The van der Waals surface area contributed by atoms with Crippen LogP contribution in [0.25, 0.3) is 0 Å². The summed E-state index contributed by atoms with van der Waals surface area (Å²) in [6, 6.07) is 0. The van der Waals surface area contributed by atoms with E-state index in [1.54, 1.807) is 13.8 Å². The van der Waals surface area contributed by atoms with Gasteiger partial charge in [0.15, 0.2) is 0 Å². The summed E-state index contributed by atoms with van der Waals surface area (Å²) < 4.78 is 4.98. The fourth-order valence-corrected chi connectivity index (χ4v) is 0.735. The van der Waals surface area contributed by atoms with Gasteiger partial charge < -0.3 is 20.9 Å². The van der Waals surface area contributed by atoms with E-state index in [-0.39, 0.29) is 12.5 Å². The lowest BCUT2D eigenvalue weighted by molar-refractivity contribution is -0.129. The molecule has 0 aromatic heterocycles. The number of nitrogens with one attached hydrogen (secondary N) is 1. The van der Waals surface area contributed by atoms with Crippen molar-refractivity contribution in [3.63, 3.8) is 0 Å². The quantitative estimate of drug-likeness (QED) is 0.469. The molecule has 0 aliphatic carbocycles. The van der Waals surface area contributed by atoms with Crippen molar-refractivity contribution in [3.05, 3.63) is 0 Å². The first-order valence-electron chi connectivity index (χ1n) is 4.71. The minimum Gasteiger partial charge on any atom is -0.394 e.